The van der Waals surface area contributed by atoms with E-state index in [1.54, 1.807) is 0 Å². The number of thiophene rings is 1. The Balaban J connectivity index is 1.79. The number of rotatable bonds is 3. The fourth-order valence-corrected chi connectivity index (χ4v) is 2.86. The molecule has 3 aromatic rings. The number of benzene rings is 1. The highest BCUT2D eigenvalue weighted by atomic mass is 32.1. The molecule has 0 saturated carbocycles. The Bertz CT molecular complexity index is 814. The van der Waals surface area contributed by atoms with Crippen molar-refractivity contribution in [3.63, 3.8) is 0 Å². The molecule has 0 saturated heterocycles. The van der Waals surface area contributed by atoms with E-state index in [1.807, 2.05) is 42.6 Å². The number of ether oxygens (including phenoxy) is 1. The third-order valence-electron chi connectivity index (χ3n) is 3.12. The summed E-state index contributed by atoms with van der Waals surface area (Å²) in [5.74, 6) is 0.692. The van der Waals surface area contributed by atoms with E-state index >= 15 is 0 Å². The summed E-state index contributed by atoms with van der Waals surface area (Å²) in [5.41, 5.74) is 7.64. The van der Waals surface area contributed by atoms with Crippen molar-refractivity contribution in [1.82, 2.24) is 4.98 Å². The summed E-state index contributed by atoms with van der Waals surface area (Å²) in [6.45, 7) is 1.94. The van der Waals surface area contributed by atoms with E-state index in [0.29, 0.717) is 16.5 Å². The lowest BCUT2D eigenvalue weighted by Crippen LogP contribution is -2.21. The Morgan fingerprint density at radius 1 is 1.38 bits per heavy atom. The van der Waals surface area contributed by atoms with E-state index in [2.05, 4.69) is 9.97 Å². The molecule has 0 spiro atoms. The van der Waals surface area contributed by atoms with Crippen molar-refractivity contribution in [2.75, 3.05) is 5.73 Å². The second-order valence-electron chi connectivity index (χ2n) is 4.62. The number of nitrogen functional groups attached to an aromatic ring is 1. The molecule has 3 rings (SSSR count). The maximum atomic E-state index is 12.0. The van der Waals surface area contributed by atoms with Gasteiger partial charge in [-0.05, 0) is 36.1 Å². The molecule has 0 bridgehead atoms. The first-order chi connectivity index (χ1) is 10.1. The zero-order chi connectivity index (χ0) is 14.8. The molecule has 21 heavy (non-hydrogen) atoms. The normalized spacial score (nSPS) is 10.7. The summed E-state index contributed by atoms with van der Waals surface area (Å²) < 4.78 is 5.28. The summed E-state index contributed by atoms with van der Waals surface area (Å²) in [7, 11) is 0. The van der Waals surface area contributed by atoms with Crippen LogP contribution in [-0.2, 0) is 11.3 Å². The van der Waals surface area contributed by atoms with Gasteiger partial charge in [-0.1, -0.05) is 12.1 Å². The standard InChI is InChI=1S/C15H13N3O2S/c1-9-6-7-21-13(9)15(19)20-8-12-17-11-5-3-2-4-10(11)14(16)18-12/h2-7H,8H2,1H3,(H2,16,17,18)/p+1. The van der Waals surface area contributed by atoms with Gasteiger partial charge in [-0.3, -0.25) is 0 Å². The van der Waals surface area contributed by atoms with Crippen LogP contribution in [0.15, 0.2) is 35.7 Å². The molecule has 0 atom stereocenters. The predicted octanol–water partition coefficient (Wildman–Crippen LogP) is 2.36. The maximum Gasteiger partial charge on any atom is 0.349 e. The van der Waals surface area contributed by atoms with Crippen molar-refractivity contribution >= 4 is 34.0 Å². The number of H-pyrrole nitrogens is 1. The number of anilines is 1. The first-order valence-electron chi connectivity index (χ1n) is 6.43. The molecule has 2 heterocycles. The third kappa shape index (κ3) is 2.71. The average molecular weight is 300 g/mol. The fraction of sp³-hybridized carbons (Fsp3) is 0.133. The Morgan fingerprint density at radius 3 is 2.95 bits per heavy atom. The molecule has 0 radical (unpaired) electrons. The van der Waals surface area contributed by atoms with Crippen LogP contribution in [0.1, 0.15) is 21.1 Å². The van der Waals surface area contributed by atoms with Gasteiger partial charge in [0.05, 0.1) is 5.39 Å². The van der Waals surface area contributed by atoms with Crippen LogP contribution < -0.4 is 10.7 Å². The summed E-state index contributed by atoms with van der Waals surface area (Å²) >= 11 is 1.37. The topological polar surface area (TPSA) is 79.3 Å². The SMILES string of the molecule is Cc1ccsc1C(=O)OCc1nc2ccccc2c(N)[nH+]1. The van der Waals surface area contributed by atoms with Crippen LogP contribution in [0.25, 0.3) is 10.9 Å². The van der Waals surface area contributed by atoms with Gasteiger partial charge in [0.15, 0.2) is 12.1 Å². The largest absolute Gasteiger partial charge is 0.450 e. The fourth-order valence-electron chi connectivity index (χ4n) is 2.04. The van der Waals surface area contributed by atoms with Crippen LogP contribution in [0, 0.1) is 6.92 Å². The molecule has 0 aliphatic rings. The minimum Gasteiger partial charge on any atom is -0.450 e. The van der Waals surface area contributed by atoms with Gasteiger partial charge < -0.3 is 10.5 Å². The van der Waals surface area contributed by atoms with E-state index in [-0.39, 0.29) is 12.6 Å². The maximum absolute atomic E-state index is 12.0. The van der Waals surface area contributed by atoms with Gasteiger partial charge in [0.1, 0.15) is 4.88 Å². The highest BCUT2D eigenvalue weighted by Crippen LogP contribution is 2.18. The highest BCUT2D eigenvalue weighted by Gasteiger charge is 2.16. The third-order valence-corrected chi connectivity index (χ3v) is 4.11. The van der Waals surface area contributed by atoms with Crippen molar-refractivity contribution < 1.29 is 14.5 Å². The second-order valence-corrected chi connectivity index (χ2v) is 5.54. The van der Waals surface area contributed by atoms with Gasteiger partial charge >= 0.3 is 5.97 Å². The van der Waals surface area contributed by atoms with Crippen LogP contribution in [0.4, 0.5) is 5.82 Å². The minimum absolute atomic E-state index is 0.0607. The van der Waals surface area contributed by atoms with Crippen LogP contribution in [0.2, 0.25) is 0 Å². The quantitative estimate of drug-likeness (QED) is 0.753. The Hall–Kier alpha value is -2.47. The predicted molar refractivity (Wildman–Crippen MR) is 80.9 cm³/mol. The zero-order valence-corrected chi connectivity index (χ0v) is 12.2. The number of aromatic amines is 1. The minimum atomic E-state index is -0.343. The lowest BCUT2D eigenvalue weighted by atomic mass is 10.2. The summed E-state index contributed by atoms with van der Waals surface area (Å²) in [6, 6.07) is 9.43. The van der Waals surface area contributed by atoms with Crippen LogP contribution in [-0.4, -0.2) is 11.0 Å². The zero-order valence-electron chi connectivity index (χ0n) is 11.4. The number of nitrogens with one attached hydrogen (secondary N) is 1. The number of aromatic nitrogens is 2. The average Bonchev–Trinajstić information content (AvgIpc) is 2.91. The molecular formula is C15H14N3O2S+. The molecule has 1 aromatic carbocycles. The molecule has 0 unspecified atom stereocenters. The number of nitrogens with zero attached hydrogens (tertiary/aromatic N) is 1. The van der Waals surface area contributed by atoms with Crippen LogP contribution in [0.5, 0.6) is 0 Å². The van der Waals surface area contributed by atoms with Crippen LogP contribution in [0.3, 0.4) is 0 Å². The Morgan fingerprint density at radius 2 is 2.19 bits per heavy atom. The number of fused-ring (bicyclic) bond motifs is 1. The van der Waals surface area contributed by atoms with Gasteiger partial charge in [0.2, 0.25) is 5.82 Å². The van der Waals surface area contributed by atoms with Gasteiger partial charge in [0.25, 0.3) is 5.82 Å². The first kappa shape index (κ1) is 13.5. The molecule has 2 aromatic heterocycles. The number of esters is 1. The van der Waals surface area contributed by atoms with Crippen molar-refractivity contribution in [3.05, 3.63) is 52.0 Å². The van der Waals surface area contributed by atoms with Gasteiger partial charge in [-0.25, -0.2) is 9.78 Å². The number of carbonyl (C=O) groups excluding carboxylic acids is 1. The van der Waals surface area contributed by atoms with E-state index < -0.39 is 0 Å². The Labute approximate surface area is 125 Å². The molecule has 0 aliphatic heterocycles. The van der Waals surface area contributed by atoms with E-state index in [9.17, 15) is 4.79 Å². The van der Waals surface area contributed by atoms with Crippen molar-refractivity contribution in [2.24, 2.45) is 0 Å². The number of carbonyl (C=O) groups is 1. The molecule has 0 aliphatic carbocycles. The molecule has 6 heteroatoms. The van der Waals surface area contributed by atoms with Gasteiger partial charge in [0, 0.05) is 0 Å². The molecule has 106 valence electrons. The summed E-state index contributed by atoms with van der Waals surface area (Å²) in [5, 5.41) is 2.71. The lowest BCUT2D eigenvalue weighted by Gasteiger charge is -2.02. The molecule has 5 nitrogen and oxygen atoms in total. The van der Waals surface area contributed by atoms with E-state index in [1.165, 1.54) is 11.3 Å². The van der Waals surface area contributed by atoms with Gasteiger partial charge in [-0.15, -0.1) is 16.3 Å². The van der Waals surface area contributed by atoms with E-state index in [0.717, 1.165) is 16.5 Å². The van der Waals surface area contributed by atoms with Crippen molar-refractivity contribution in [1.29, 1.82) is 0 Å². The van der Waals surface area contributed by atoms with Gasteiger partial charge in [-0.2, -0.15) is 0 Å². The first-order valence-corrected chi connectivity index (χ1v) is 7.31. The lowest BCUT2D eigenvalue weighted by molar-refractivity contribution is -0.381. The van der Waals surface area contributed by atoms with Crippen molar-refractivity contribution in [3.8, 4) is 0 Å². The van der Waals surface area contributed by atoms with Crippen LogP contribution >= 0.6 is 11.3 Å². The van der Waals surface area contributed by atoms with E-state index in [4.69, 9.17) is 10.5 Å². The number of hydrogen-bond acceptors (Lipinski definition) is 5. The summed E-state index contributed by atoms with van der Waals surface area (Å²) in [4.78, 5) is 19.9. The Kier molecular flexibility index (Phi) is 3.53. The smallest absolute Gasteiger partial charge is 0.349 e. The molecular weight excluding hydrogens is 286 g/mol. The molecule has 0 amide bonds. The molecule has 0 fully saturated rings. The molecule has 3 N–H and O–H groups in total. The second kappa shape index (κ2) is 5.49. The monoisotopic (exact) mass is 300 g/mol. The number of hydrogen-bond donors (Lipinski definition) is 1. The number of nitrogens with two attached hydrogens (primary N) is 1. The highest BCUT2D eigenvalue weighted by molar-refractivity contribution is 7.12. The number of para-hydroxylation sites is 1. The summed E-state index contributed by atoms with van der Waals surface area (Å²) in [6.07, 6.45) is 0. The number of aryl methyl sites for hydroxylation is 1. The van der Waals surface area contributed by atoms with Crippen molar-refractivity contribution in [2.45, 2.75) is 13.5 Å².